The molecule has 2 heterocycles. The third-order valence-corrected chi connectivity index (χ3v) is 2.72. The molecule has 1 aromatic carbocycles. The third-order valence-electron chi connectivity index (χ3n) is 2.72. The first kappa shape index (κ1) is 11.1. The van der Waals surface area contributed by atoms with Crippen LogP contribution in [0.15, 0.2) is 30.6 Å². The van der Waals surface area contributed by atoms with Crippen LogP contribution in [-0.4, -0.2) is 36.7 Å². The van der Waals surface area contributed by atoms with E-state index < -0.39 is 5.91 Å². The number of carbonyl (C=O) groups excluding carboxylic acids is 1. The van der Waals surface area contributed by atoms with Gasteiger partial charge in [-0.25, -0.2) is 0 Å². The fourth-order valence-electron chi connectivity index (χ4n) is 1.81. The van der Waals surface area contributed by atoms with Crippen LogP contribution in [0.1, 0.15) is 10.4 Å². The van der Waals surface area contributed by atoms with Crippen molar-refractivity contribution in [3.63, 3.8) is 0 Å². The summed E-state index contributed by atoms with van der Waals surface area (Å²) in [7, 11) is 0. The van der Waals surface area contributed by atoms with Gasteiger partial charge in [0.25, 0.3) is 0 Å². The lowest BCUT2D eigenvalue weighted by molar-refractivity contribution is 0.100. The topological polar surface area (TPSA) is 126 Å². The molecule has 3 aromatic rings. The van der Waals surface area contributed by atoms with E-state index in [0.29, 0.717) is 16.8 Å². The van der Waals surface area contributed by atoms with Gasteiger partial charge < -0.3 is 5.73 Å². The number of nitrogens with zero attached hydrogens (tertiary/aromatic N) is 4. The third kappa shape index (κ3) is 1.95. The Morgan fingerprint density at radius 3 is 2.32 bits per heavy atom. The van der Waals surface area contributed by atoms with E-state index in [9.17, 15) is 4.79 Å². The van der Waals surface area contributed by atoms with Crippen LogP contribution in [0, 0.1) is 0 Å². The number of primary amides is 1. The molecule has 0 unspecified atom stereocenters. The number of hydrogen-bond acceptors (Lipinski definition) is 5. The molecule has 4 N–H and O–H groups in total. The number of benzene rings is 1. The fraction of sp³-hybridized carbons (Fsp3) is 0. The number of rotatable bonds is 3. The molecule has 8 heteroatoms. The summed E-state index contributed by atoms with van der Waals surface area (Å²) in [5.74, 6) is -0.515. The van der Waals surface area contributed by atoms with Crippen molar-refractivity contribution in [3.8, 4) is 22.5 Å². The molecule has 0 saturated heterocycles. The van der Waals surface area contributed by atoms with E-state index in [-0.39, 0.29) is 0 Å². The van der Waals surface area contributed by atoms with Crippen molar-refractivity contribution in [1.82, 2.24) is 30.8 Å². The Hall–Kier alpha value is -3.03. The lowest BCUT2D eigenvalue weighted by Gasteiger charge is -2.06. The lowest BCUT2D eigenvalue weighted by Crippen LogP contribution is -2.12. The van der Waals surface area contributed by atoms with Crippen molar-refractivity contribution in [1.29, 1.82) is 0 Å². The number of amides is 1. The second kappa shape index (κ2) is 4.33. The Bertz CT molecular complexity index is 703. The smallest absolute Gasteiger partial charge is 0.249 e. The van der Waals surface area contributed by atoms with Gasteiger partial charge in [-0.1, -0.05) is 16.5 Å². The van der Waals surface area contributed by atoms with E-state index in [1.807, 2.05) is 0 Å². The van der Waals surface area contributed by atoms with E-state index >= 15 is 0 Å². The molecule has 0 atom stereocenters. The SMILES string of the molecule is NC(=O)c1ccc(-c2cnn[nH]2)cc1-c1cnn[nH]1. The predicted molar refractivity (Wildman–Crippen MR) is 65.7 cm³/mol. The highest BCUT2D eigenvalue weighted by Crippen LogP contribution is 2.26. The summed E-state index contributed by atoms with van der Waals surface area (Å²) in [6.45, 7) is 0. The summed E-state index contributed by atoms with van der Waals surface area (Å²) in [4.78, 5) is 11.4. The summed E-state index contributed by atoms with van der Waals surface area (Å²) in [5, 5.41) is 20.2. The highest BCUT2D eigenvalue weighted by Gasteiger charge is 2.13. The van der Waals surface area contributed by atoms with Crippen molar-refractivity contribution in [2.45, 2.75) is 0 Å². The van der Waals surface area contributed by atoms with E-state index in [1.165, 1.54) is 6.20 Å². The standard InChI is InChI=1S/C11H9N7O/c12-11(19)7-2-1-6(9-4-13-17-15-9)3-8(7)10-5-14-18-16-10/h1-5H,(H2,12,19)(H,13,15,17)(H,14,16,18). The first-order chi connectivity index (χ1) is 9.25. The molecule has 0 spiro atoms. The summed E-state index contributed by atoms with van der Waals surface area (Å²) < 4.78 is 0. The highest BCUT2D eigenvalue weighted by molar-refractivity contribution is 6.00. The van der Waals surface area contributed by atoms with Gasteiger partial charge in [0, 0.05) is 16.7 Å². The minimum absolute atomic E-state index is 0.391. The van der Waals surface area contributed by atoms with Crippen LogP contribution in [0.25, 0.3) is 22.5 Å². The summed E-state index contributed by atoms with van der Waals surface area (Å²) >= 11 is 0. The number of carbonyl (C=O) groups is 1. The van der Waals surface area contributed by atoms with E-state index in [0.717, 1.165) is 11.3 Å². The lowest BCUT2D eigenvalue weighted by atomic mass is 10.00. The Morgan fingerprint density at radius 2 is 1.74 bits per heavy atom. The zero-order valence-electron chi connectivity index (χ0n) is 9.66. The van der Waals surface area contributed by atoms with E-state index in [1.54, 1.807) is 24.4 Å². The van der Waals surface area contributed by atoms with Crippen LogP contribution in [0.5, 0.6) is 0 Å². The van der Waals surface area contributed by atoms with Gasteiger partial charge in [0.1, 0.15) is 0 Å². The minimum Gasteiger partial charge on any atom is -0.366 e. The maximum Gasteiger partial charge on any atom is 0.249 e. The number of aromatic amines is 2. The molecule has 0 aliphatic heterocycles. The molecule has 19 heavy (non-hydrogen) atoms. The molecule has 8 nitrogen and oxygen atoms in total. The molecule has 94 valence electrons. The monoisotopic (exact) mass is 255 g/mol. The predicted octanol–water partition coefficient (Wildman–Crippen LogP) is 0.356. The number of H-pyrrole nitrogens is 2. The Labute approximate surface area is 107 Å². The van der Waals surface area contributed by atoms with Gasteiger partial charge in [-0.3, -0.25) is 15.0 Å². The maximum absolute atomic E-state index is 11.4. The summed E-state index contributed by atoms with van der Waals surface area (Å²) in [5.41, 5.74) is 8.57. The quantitative estimate of drug-likeness (QED) is 0.622. The van der Waals surface area contributed by atoms with Crippen molar-refractivity contribution in [3.05, 3.63) is 36.2 Å². The van der Waals surface area contributed by atoms with Gasteiger partial charge in [0.05, 0.1) is 23.8 Å². The molecule has 0 radical (unpaired) electrons. The molecular weight excluding hydrogens is 246 g/mol. The van der Waals surface area contributed by atoms with E-state index in [2.05, 4.69) is 30.8 Å². The van der Waals surface area contributed by atoms with Crippen molar-refractivity contribution < 1.29 is 4.79 Å². The maximum atomic E-state index is 11.4. The van der Waals surface area contributed by atoms with Crippen LogP contribution in [-0.2, 0) is 0 Å². The van der Waals surface area contributed by atoms with Crippen molar-refractivity contribution in [2.24, 2.45) is 5.73 Å². The van der Waals surface area contributed by atoms with Crippen molar-refractivity contribution >= 4 is 5.91 Å². The molecule has 0 aliphatic rings. The molecule has 1 amide bonds. The van der Waals surface area contributed by atoms with Gasteiger partial charge >= 0.3 is 0 Å². The van der Waals surface area contributed by atoms with Crippen LogP contribution < -0.4 is 5.73 Å². The van der Waals surface area contributed by atoms with Gasteiger partial charge in [0.15, 0.2) is 0 Å². The molecular formula is C11H9N7O. The van der Waals surface area contributed by atoms with Gasteiger partial charge in [-0.05, 0) is 12.1 Å². The zero-order chi connectivity index (χ0) is 13.2. The van der Waals surface area contributed by atoms with Crippen LogP contribution in [0.2, 0.25) is 0 Å². The molecule has 0 aliphatic carbocycles. The minimum atomic E-state index is -0.515. The molecule has 2 aromatic heterocycles. The summed E-state index contributed by atoms with van der Waals surface area (Å²) in [6, 6.07) is 5.21. The van der Waals surface area contributed by atoms with Crippen LogP contribution >= 0.6 is 0 Å². The molecule has 0 bridgehead atoms. The Morgan fingerprint density at radius 1 is 1.05 bits per heavy atom. The normalized spacial score (nSPS) is 10.5. The second-order valence-corrected chi connectivity index (χ2v) is 3.86. The zero-order valence-corrected chi connectivity index (χ0v) is 9.66. The van der Waals surface area contributed by atoms with Gasteiger partial charge in [-0.15, -0.1) is 10.2 Å². The summed E-state index contributed by atoms with van der Waals surface area (Å²) in [6.07, 6.45) is 3.12. The first-order valence-corrected chi connectivity index (χ1v) is 5.42. The number of nitrogens with one attached hydrogen (secondary N) is 2. The number of nitrogens with two attached hydrogens (primary N) is 1. The van der Waals surface area contributed by atoms with Crippen LogP contribution in [0.3, 0.4) is 0 Å². The van der Waals surface area contributed by atoms with Gasteiger partial charge in [0.2, 0.25) is 5.91 Å². The largest absolute Gasteiger partial charge is 0.366 e. The average molecular weight is 255 g/mol. The van der Waals surface area contributed by atoms with E-state index in [4.69, 9.17) is 5.73 Å². The van der Waals surface area contributed by atoms with Crippen LogP contribution in [0.4, 0.5) is 0 Å². The van der Waals surface area contributed by atoms with Gasteiger partial charge in [-0.2, -0.15) is 0 Å². The van der Waals surface area contributed by atoms with Crippen molar-refractivity contribution in [2.75, 3.05) is 0 Å². The molecule has 3 rings (SSSR count). The molecule has 0 fully saturated rings. The highest BCUT2D eigenvalue weighted by atomic mass is 16.1. The number of aromatic nitrogens is 6. The first-order valence-electron chi connectivity index (χ1n) is 5.42. The molecule has 0 saturated carbocycles. The fourth-order valence-corrected chi connectivity index (χ4v) is 1.81. The average Bonchev–Trinajstić information content (AvgIpc) is 3.11. The second-order valence-electron chi connectivity index (χ2n) is 3.86. The number of hydrogen-bond donors (Lipinski definition) is 3. The Balaban J connectivity index is 2.18. The Kier molecular flexibility index (Phi) is 2.53.